The summed E-state index contributed by atoms with van der Waals surface area (Å²) in [6.07, 6.45) is 2.21. The summed E-state index contributed by atoms with van der Waals surface area (Å²) >= 11 is 0. The molecule has 1 aromatic rings. The fraction of sp³-hybridized carbons (Fsp3) is 0.600. The Kier molecular flexibility index (Phi) is 3.91. The number of piperazine rings is 1. The predicted octanol–water partition coefficient (Wildman–Crippen LogP) is 3.10. The summed E-state index contributed by atoms with van der Waals surface area (Å²) in [5.74, 6) is -0.146. The van der Waals surface area contributed by atoms with E-state index in [1.165, 1.54) is 6.07 Å². The van der Waals surface area contributed by atoms with Crippen LogP contribution in [0.3, 0.4) is 0 Å². The van der Waals surface area contributed by atoms with E-state index < -0.39 is 0 Å². The van der Waals surface area contributed by atoms with E-state index in [0.29, 0.717) is 0 Å². The third kappa shape index (κ3) is 2.51. The van der Waals surface area contributed by atoms with Crippen molar-refractivity contribution in [1.82, 2.24) is 5.32 Å². The van der Waals surface area contributed by atoms with Gasteiger partial charge in [0.1, 0.15) is 5.82 Å². The Hall–Kier alpha value is -1.09. The molecule has 0 aromatic heterocycles. The predicted molar refractivity (Wildman–Crippen MR) is 74.7 cm³/mol. The van der Waals surface area contributed by atoms with Gasteiger partial charge >= 0.3 is 0 Å². The zero-order valence-corrected chi connectivity index (χ0v) is 11.6. The van der Waals surface area contributed by atoms with Crippen molar-refractivity contribution in [2.45, 2.75) is 39.2 Å². The Morgan fingerprint density at radius 2 is 2.06 bits per heavy atom. The minimum atomic E-state index is -0.146. The Balaban J connectivity index is 2.25. The van der Waals surface area contributed by atoms with E-state index in [-0.39, 0.29) is 11.4 Å². The molecule has 1 aliphatic heterocycles. The number of nitrogens with one attached hydrogen (secondary N) is 1. The summed E-state index contributed by atoms with van der Waals surface area (Å²) in [6, 6.07) is 5.07. The largest absolute Gasteiger partial charge is 0.368 e. The normalized spacial score (nSPS) is 19.0. The number of hydrogen-bond acceptors (Lipinski definition) is 2. The van der Waals surface area contributed by atoms with Crippen LogP contribution < -0.4 is 10.2 Å². The second kappa shape index (κ2) is 5.27. The Bertz CT molecular complexity index is 413. The number of halogens is 1. The van der Waals surface area contributed by atoms with E-state index in [9.17, 15) is 4.39 Å². The summed E-state index contributed by atoms with van der Waals surface area (Å²) in [5.41, 5.74) is 2.37. The summed E-state index contributed by atoms with van der Waals surface area (Å²) in [5, 5.41) is 3.63. The molecule has 0 amide bonds. The van der Waals surface area contributed by atoms with Gasteiger partial charge in [0.25, 0.3) is 0 Å². The zero-order valence-electron chi connectivity index (χ0n) is 11.6. The molecule has 3 heteroatoms. The monoisotopic (exact) mass is 250 g/mol. The maximum atomic E-state index is 13.4. The number of benzene rings is 1. The number of nitrogens with zero attached hydrogens (tertiary/aromatic N) is 1. The van der Waals surface area contributed by atoms with Crippen molar-refractivity contribution < 1.29 is 4.39 Å². The van der Waals surface area contributed by atoms with Crippen LogP contribution in [0.5, 0.6) is 0 Å². The van der Waals surface area contributed by atoms with Crippen molar-refractivity contribution >= 4 is 5.69 Å². The molecule has 1 aromatic carbocycles. The van der Waals surface area contributed by atoms with E-state index in [4.69, 9.17) is 0 Å². The highest BCUT2D eigenvalue weighted by atomic mass is 19.1. The first-order valence-corrected chi connectivity index (χ1v) is 6.86. The molecule has 0 unspecified atom stereocenters. The molecule has 0 aliphatic carbocycles. The van der Waals surface area contributed by atoms with E-state index in [1.807, 2.05) is 6.07 Å². The molecule has 0 atom stereocenters. The Labute approximate surface area is 109 Å². The fourth-order valence-corrected chi connectivity index (χ4v) is 2.81. The molecule has 1 aliphatic rings. The molecule has 18 heavy (non-hydrogen) atoms. The summed E-state index contributed by atoms with van der Waals surface area (Å²) in [7, 11) is 0. The van der Waals surface area contributed by atoms with Crippen LogP contribution in [-0.4, -0.2) is 25.2 Å². The first-order valence-electron chi connectivity index (χ1n) is 6.86. The van der Waals surface area contributed by atoms with Crippen LogP contribution in [0.15, 0.2) is 18.2 Å². The molecule has 1 heterocycles. The third-order valence-corrected chi connectivity index (χ3v) is 4.24. The highest BCUT2D eigenvalue weighted by Crippen LogP contribution is 2.27. The van der Waals surface area contributed by atoms with Crippen molar-refractivity contribution in [2.75, 3.05) is 24.5 Å². The second-order valence-corrected chi connectivity index (χ2v) is 5.27. The van der Waals surface area contributed by atoms with Gasteiger partial charge in [-0.05, 0) is 37.5 Å². The van der Waals surface area contributed by atoms with Gasteiger partial charge in [-0.2, -0.15) is 0 Å². The van der Waals surface area contributed by atoms with Crippen LogP contribution in [0.4, 0.5) is 10.1 Å². The standard InChI is InChI=1S/C15H23FN2/c1-4-15(5-2)11-18(9-8-17-15)14-10-13(16)7-6-12(14)3/h6-7,10,17H,4-5,8-9,11H2,1-3H3. The van der Waals surface area contributed by atoms with Crippen molar-refractivity contribution in [2.24, 2.45) is 0 Å². The Morgan fingerprint density at radius 1 is 1.33 bits per heavy atom. The van der Waals surface area contributed by atoms with Crippen LogP contribution in [0.25, 0.3) is 0 Å². The molecule has 0 radical (unpaired) electrons. The molecule has 2 rings (SSSR count). The average Bonchev–Trinajstić information content (AvgIpc) is 2.41. The summed E-state index contributed by atoms with van der Waals surface area (Å²) < 4.78 is 13.4. The van der Waals surface area contributed by atoms with E-state index in [2.05, 4.69) is 31.0 Å². The van der Waals surface area contributed by atoms with Crippen molar-refractivity contribution in [3.63, 3.8) is 0 Å². The first kappa shape index (κ1) is 13.3. The lowest BCUT2D eigenvalue weighted by molar-refractivity contribution is 0.277. The van der Waals surface area contributed by atoms with Crippen molar-refractivity contribution in [1.29, 1.82) is 0 Å². The molecular weight excluding hydrogens is 227 g/mol. The number of anilines is 1. The molecule has 1 saturated heterocycles. The highest BCUT2D eigenvalue weighted by Gasteiger charge is 2.32. The number of hydrogen-bond donors (Lipinski definition) is 1. The minimum absolute atomic E-state index is 0.146. The van der Waals surface area contributed by atoms with Gasteiger partial charge in [0.15, 0.2) is 0 Å². The summed E-state index contributed by atoms with van der Waals surface area (Å²) in [4.78, 5) is 2.32. The van der Waals surface area contributed by atoms with Gasteiger partial charge in [-0.15, -0.1) is 0 Å². The summed E-state index contributed by atoms with van der Waals surface area (Å²) in [6.45, 7) is 9.38. The lowest BCUT2D eigenvalue weighted by Gasteiger charge is -2.44. The van der Waals surface area contributed by atoms with Crippen LogP contribution >= 0.6 is 0 Å². The average molecular weight is 250 g/mol. The van der Waals surface area contributed by atoms with Gasteiger partial charge in [-0.3, -0.25) is 0 Å². The molecular formula is C15H23FN2. The highest BCUT2D eigenvalue weighted by molar-refractivity contribution is 5.54. The first-order chi connectivity index (χ1) is 8.60. The third-order valence-electron chi connectivity index (χ3n) is 4.24. The minimum Gasteiger partial charge on any atom is -0.368 e. The fourth-order valence-electron chi connectivity index (χ4n) is 2.81. The van der Waals surface area contributed by atoms with Gasteiger partial charge in [0, 0.05) is 30.9 Å². The molecule has 0 saturated carbocycles. The van der Waals surface area contributed by atoms with Crippen LogP contribution in [-0.2, 0) is 0 Å². The van der Waals surface area contributed by atoms with Crippen molar-refractivity contribution in [3.8, 4) is 0 Å². The van der Waals surface area contributed by atoms with E-state index in [0.717, 1.165) is 43.7 Å². The zero-order chi connectivity index (χ0) is 13.2. The van der Waals surface area contributed by atoms with Gasteiger partial charge < -0.3 is 10.2 Å². The SMILES string of the molecule is CCC1(CC)CN(c2cc(F)ccc2C)CCN1. The number of aryl methyl sites for hydroxylation is 1. The van der Waals surface area contributed by atoms with Gasteiger partial charge in [-0.25, -0.2) is 4.39 Å². The quantitative estimate of drug-likeness (QED) is 0.886. The lowest BCUT2D eigenvalue weighted by Crippen LogP contribution is -2.60. The lowest BCUT2D eigenvalue weighted by atomic mass is 9.90. The van der Waals surface area contributed by atoms with Crippen LogP contribution in [0, 0.1) is 12.7 Å². The molecule has 2 nitrogen and oxygen atoms in total. The van der Waals surface area contributed by atoms with E-state index >= 15 is 0 Å². The van der Waals surface area contributed by atoms with Crippen LogP contribution in [0.1, 0.15) is 32.3 Å². The Morgan fingerprint density at radius 3 is 2.72 bits per heavy atom. The van der Waals surface area contributed by atoms with Gasteiger partial charge in [0.05, 0.1) is 0 Å². The maximum Gasteiger partial charge on any atom is 0.125 e. The van der Waals surface area contributed by atoms with Crippen LogP contribution in [0.2, 0.25) is 0 Å². The molecule has 1 N–H and O–H groups in total. The molecule has 0 spiro atoms. The van der Waals surface area contributed by atoms with Gasteiger partial charge in [0.2, 0.25) is 0 Å². The molecule has 100 valence electrons. The number of rotatable bonds is 3. The maximum absolute atomic E-state index is 13.4. The van der Waals surface area contributed by atoms with Crippen molar-refractivity contribution in [3.05, 3.63) is 29.6 Å². The van der Waals surface area contributed by atoms with Gasteiger partial charge in [-0.1, -0.05) is 19.9 Å². The molecule has 0 bridgehead atoms. The molecule has 1 fully saturated rings. The topological polar surface area (TPSA) is 15.3 Å². The smallest absolute Gasteiger partial charge is 0.125 e. The second-order valence-electron chi connectivity index (χ2n) is 5.27. The van der Waals surface area contributed by atoms with E-state index in [1.54, 1.807) is 6.07 Å².